The van der Waals surface area contributed by atoms with E-state index in [4.69, 9.17) is 0 Å². The van der Waals surface area contributed by atoms with Gasteiger partial charge in [0.1, 0.15) is 5.69 Å². The van der Waals surface area contributed by atoms with Crippen molar-refractivity contribution in [1.29, 1.82) is 0 Å². The van der Waals surface area contributed by atoms with Gasteiger partial charge in [0.2, 0.25) is 0 Å². The number of hydrogen-bond acceptors (Lipinski definition) is 3. The number of aryl methyl sites for hydroxylation is 2. The van der Waals surface area contributed by atoms with E-state index in [1.165, 1.54) is 35.3 Å². The van der Waals surface area contributed by atoms with Crippen LogP contribution in [0.2, 0.25) is 0 Å². The fourth-order valence-electron chi connectivity index (χ4n) is 4.30. The van der Waals surface area contributed by atoms with Gasteiger partial charge >= 0.3 is 0 Å². The smallest absolute Gasteiger partial charge is 0.192 e. The van der Waals surface area contributed by atoms with E-state index < -0.39 is 0 Å². The summed E-state index contributed by atoms with van der Waals surface area (Å²) in [4.78, 5) is 9.44. The number of fused-ring (bicyclic) bond motifs is 2. The summed E-state index contributed by atoms with van der Waals surface area (Å²) < 4.78 is 2.44. The van der Waals surface area contributed by atoms with Crippen molar-refractivity contribution in [1.82, 2.24) is 4.98 Å². The number of aromatic nitrogens is 2. The fraction of sp³-hybridized carbons (Fsp3) is 0.524. The molecule has 4 rings (SSSR count). The van der Waals surface area contributed by atoms with E-state index >= 15 is 0 Å². The Balaban J connectivity index is 1.71. The Labute approximate surface area is 151 Å². The van der Waals surface area contributed by atoms with Gasteiger partial charge in [0.15, 0.2) is 18.4 Å². The topological polar surface area (TPSA) is 23.2 Å². The maximum atomic E-state index is 4.54. The lowest BCUT2D eigenvalue weighted by atomic mass is 9.96. The summed E-state index contributed by atoms with van der Waals surface area (Å²) >= 11 is 0. The quantitative estimate of drug-likeness (QED) is 0.787. The first-order chi connectivity index (χ1) is 12.0. The molecule has 4 nitrogen and oxygen atoms in total. The van der Waals surface area contributed by atoms with Gasteiger partial charge in [0.05, 0.1) is 18.4 Å². The molecular formula is C21H29N4+. The summed E-state index contributed by atoms with van der Waals surface area (Å²) in [5.74, 6) is 0. The molecule has 4 heteroatoms. The number of hydrogen-bond donors (Lipinski definition) is 0. The Morgan fingerprint density at radius 1 is 1.24 bits per heavy atom. The van der Waals surface area contributed by atoms with Crippen molar-refractivity contribution < 1.29 is 4.57 Å². The first-order valence-corrected chi connectivity index (χ1v) is 9.50. The summed E-state index contributed by atoms with van der Waals surface area (Å²) in [6, 6.07) is 5.55. The van der Waals surface area contributed by atoms with Gasteiger partial charge in [-0.3, -0.25) is 4.98 Å². The van der Waals surface area contributed by atoms with Crippen LogP contribution in [0.5, 0.6) is 0 Å². The van der Waals surface area contributed by atoms with Crippen molar-refractivity contribution in [2.24, 2.45) is 0 Å². The van der Waals surface area contributed by atoms with Crippen molar-refractivity contribution in [2.75, 3.05) is 29.9 Å². The van der Waals surface area contributed by atoms with E-state index in [-0.39, 0.29) is 0 Å². The summed E-state index contributed by atoms with van der Waals surface area (Å²) in [5.41, 5.74) is 6.74. The minimum Gasteiger partial charge on any atom is -0.370 e. The summed E-state index contributed by atoms with van der Waals surface area (Å²) in [5, 5.41) is 0. The molecule has 0 aromatic carbocycles. The lowest BCUT2D eigenvalue weighted by Crippen LogP contribution is -2.51. The average Bonchev–Trinajstić information content (AvgIpc) is 2.60. The van der Waals surface area contributed by atoms with Gasteiger partial charge < -0.3 is 9.80 Å². The van der Waals surface area contributed by atoms with E-state index in [2.05, 4.69) is 77.9 Å². The van der Waals surface area contributed by atoms with E-state index in [1.54, 1.807) is 0 Å². The first-order valence-electron chi connectivity index (χ1n) is 9.50. The molecular weight excluding hydrogens is 308 g/mol. The molecule has 0 bridgehead atoms. The highest BCUT2D eigenvalue weighted by molar-refractivity contribution is 5.55. The Kier molecular flexibility index (Phi) is 4.14. The van der Waals surface area contributed by atoms with Gasteiger partial charge in [-0.2, -0.15) is 4.57 Å². The highest BCUT2D eigenvalue weighted by atomic mass is 15.2. The zero-order valence-corrected chi connectivity index (χ0v) is 15.9. The lowest BCUT2D eigenvalue weighted by Gasteiger charge is -2.36. The standard InChI is InChI=1S/C21H29N4/c1-15(2)25-13-19(11-18-10-16(3)22-12-20(18)25)24-9-7-17-6-5-8-23(4)21(17)14-24/h7,9-10,12,14-15,19H,5-6,8,11,13H2,1-4H3/q+1. The molecule has 0 saturated carbocycles. The molecule has 25 heavy (non-hydrogen) atoms. The molecule has 132 valence electrons. The van der Waals surface area contributed by atoms with Crippen molar-refractivity contribution in [3.05, 3.63) is 47.5 Å². The SMILES string of the molecule is Cc1cc2c(cn1)N(C(C)C)CC([n+]1ccc3c(c1)N(C)CCC3)C2. The van der Waals surface area contributed by atoms with E-state index in [0.29, 0.717) is 12.1 Å². The second-order valence-electron chi connectivity index (χ2n) is 7.89. The third-order valence-corrected chi connectivity index (χ3v) is 5.72. The number of pyridine rings is 2. The van der Waals surface area contributed by atoms with Crippen molar-refractivity contribution in [2.45, 2.75) is 52.1 Å². The molecule has 0 spiro atoms. The molecule has 2 aliphatic rings. The molecule has 1 unspecified atom stereocenters. The van der Waals surface area contributed by atoms with Crippen LogP contribution in [0.1, 0.15) is 43.1 Å². The maximum absolute atomic E-state index is 4.54. The van der Waals surface area contributed by atoms with Crippen LogP contribution in [0.25, 0.3) is 0 Å². The molecule has 0 fully saturated rings. The highest BCUT2D eigenvalue weighted by Crippen LogP contribution is 2.32. The van der Waals surface area contributed by atoms with Gasteiger partial charge in [0, 0.05) is 37.8 Å². The molecule has 0 amide bonds. The van der Waals surface area contributed by atoms with Crippen LogP contribution in [-0.2, 0) is 12.8 Å². The predicted octanol–water partition coefficient (Wildman–Crippen LogP) is 3.07. The summed E-state index contributed by atoms with van der Waals surface area (Å²) in [6.45, 7) is 8.84. The van der Waals surface area contributed by atoms with Gasteiger partial charge in [-0.25, -0.2) is 0 Å². The Morgan fingerprint density at radius 2 is 2.08 bits per heavy atom. The van der Waals surface area contributed by atoms with E-state index in [1.807, 2.05) is 0 Å². The summed E-state index contributed by atoms with van der Waals surface area (Å²) in [7, 11) is 2.22. The number of rotatable bonds is 2. The Hall–Kier alpha value is -2.10. The van der Waals surface area contributed by atoms with E-state index in [9.17, 15) is 0 Å². The zero-order valence-electron chi connectivity index (χ0n) is 15.9. The van der Waals surface area contributed by atoms with Crippen LogP contribution < -0.4 is 14.4 Å². The zero-order chi connectivity index (χ0) is 17.6. The van der Waals surface area contributed by atoms with Crippen LogP contribution in [0.4, 0.5) is 11.4 Å². The molecule has 2 aromatic rings. The van der Waals surface area contributed by atoms with Gasteiger partial charge in [0.25, 0.3) is 0 Å². The fourth-order valence-corrected chi connectivity index (χ4v) is 4.30. The van der Waals surface area contributed by atoms with Crippen molar-refractivity contribution in [3.8, 4) is 0 Å². The molecule has 2 aliphatic heterocycles. The molecule has 1 atom stereocenters. The maximum Gasteiger partial charge on any atom is 0.192 e. The van der Waals surface area contributed by atoms with Crippen molar-refractivity contribution in [3.63, 3.8) is 0 Å². The summed E-state index contributed by atoms with van der Waals surface area (Å²) in [6.07, 6.45) is 10.3. The van der Waals surface area contributed by atoms with E-state index in [0.717, 1.165) is 25.2 Å². The molecule has 4 heterocycles. The first kappa shape index (κ1) is 16.4. The van der Waals surface area contributed by atoms with Crippen LogP contribution in [0.3, 0.4) is 0 Å². The molecule has 0 N–H and O–H groups in total. The molecule has 2 aromatic heterocycles. The predicted molar refractivity (Wildman–Crippen MR) is 102 cm³/mol. The minimum atomic E-state index is 0.470. The Bertz CT molecular complexity index is 783. The second-order valence-corrected chi connectivity index (χ2v) is 7.89. The van der Waals surface area contributed by atoms with Gasteiger partial charge in [-0.15, -0.1) is 0 Å². The Morgan fingerprint density at radius 3 is 2.88 bits per heavy atom. The average molecular weight is 337 g/mol. The molecule has 0 radical (unpaired) electrons. The molecule has 0 aliphatic carbocycles. The normalized spacial score (nSPS) is 19.8. The largest absolute Gasteiger partial charge is 0.370 e. The van der Waals surface area contributed by atoms with Crippen molar-refractivity contribution >= 4 is 11.4 Å². The second kappa shape index (κ2) is 6.32. The third kappa shape index (κ3) is 2.99. The van der Waals surface area contributed by atoms with Crippen LogP contribution in [0.15, 0.2) is 30.7 Å². The van der Waals surface area contributed by atoms with Crippen LogP contribution >= 0.6 is 0 Å². The monoisotopic (exact) mass is 337 g/mol. The minimum absolute atomic E-state index is 0.470. The van der Waals surface area contributed by atoms with Gasteiger partial charge in [-0.1, -0.05) is 0 Å². The lowest BCUT2D eigenvalue weighted by molar-refractivity contribution is -0.720. The third-order valence-electron chi connectivity index (χ3n) is 5.72. The highest BCUT2D eigenvalue weighted by Gasteiger charge is 2.32. The number of anilines is 2. The van der Waals surface area contributed by atoms with Crippen LogP contribution in [-0.4, -0.2) is 31.2 Å². The van der Waals surface area contributed by atoms with Crippen LogP contribution in [0, 0.1) is 6.92 Å². The van der Waals surface area contributed by atoms with Gasteiger partial charge in [-0.05, 0) is 50.8 Å². The number of nitrogens with zero attached hydrogens (tertiary/aromatic N) is 4. The molecule has 0 saturated heterocycles.